The minimum atomic E-state index is -0.277. The van der Waals surface area contributed by atoms with Gasteiger partial charge in [-0.2, -0.15) is 0 Å². The molecule has 6 aromatic rings. The van der Waals surface area contributed by atoms with E-state index in [1.165, 1.54) is 174 Å². The van der Waals surface area contributed by atoms with Gasteiger partial charge in [-0.05, 0) is 233 Å². The molecular weight excluding hydrogens is 904 g/mol. The Morgan fingerprint density at radius 3 is 1.41 bits per heavy atom. The average Bonchev–Trinajstić information content (AvgIpc) is 3.65. The molecule has 0 fully saturated rings. The van der Waals surface area contributed by atoms with Crippen molar-refractivity contribution in [1.82, 2.24) is 0 Å². The van der Waals surface area contributed by atoms with E-state index in [9.17, 15) is 0 Å². The lowest BCUT2D eigenvalue weighted by Crippen LogP contribution is -2.44. The molecule has 0 saturated carbocycles. The van der Waals surface area contributed by atoms with E-state index in [-0.39, 0.29) is 48.7 Å². The van der Waals surface area contributed by atoms with Gasteiger partial charge in [0.2, 0.25) is 0 Å². The number of hydrogen-bond acceptors (Lipinski definition) is 2. The van der Waals surface area contributed by atoms with Crippen LogP contribution in [0.1, 0.15) is 237 Å². The molecule has 6 aromatic carbocycles. The topological polar surface area (TPSA) is 15.3 Å². The van der Waals surface area contributed by atoms with Crippen molar-refractivity contribution < 1.29 is 0 Å². The maximum Gasteiger partial charge on any atom is 0.197 e. The van der Waals surface area contributed by atoms with Gasteiger partial charge in [0, 0.05) is 39.4 Å². The Labute approximate surface area is 454 Å². The van der Waals surface area contributed by atoms with Crippen LogP contribution in [0.3, 0.4) is 0 Å². The molecule has 6 aliphatic rings. The first-order chi connectivity index (χ1) is 34.7. The molecule has 389 valence electrons. The highest BCUT2D eigenvalue weighted by Crippen LogP contribution is 2.59. The van der Waals surface area contributed by atoms with Crippen molar-refractivity contribution in [3.8, 4) is 22.3 Å². The van der Waals surface area contributed by atoms with E-state index in [1.54, 1.807) is 0 Å². The van der Waals surface area contributed by atoms with Gasteiger partial charge >= 0.3 is 0 Å². The van der Waals surface area contributed by atoms with E-state index >= 15 is 0 Å². The number of aryl methyl sites for hydroxylation is 1. The third kappa shape index (κ3) is 7.59. The van der Waals surface area contributed by atoms with Gasteiger partial charge in [-0.3, -0.25) is 0 Å². The van der Waals surface area contributed by atoms with Crippen molar-refractivity contribution in [3.63, 3.8) is 0 Å². The number of nitrogens with zero attached hydrogens (tertiary/aromatic N) is 1. The van der Waals surface area contributed by atoms with Gasteiger partial charge in [-0.25, -0.2) is 0 Å². The molecule has 1 N–H and O–H groups in total. The van der Waals surface area contributed by atoms with Crippen molar-refractivity contribution in [3.05, 3.63) is 146 Å². The first-order valence-electron chi connectivity index (χ1n) is 29.2. The highest BCUT2D eigenvalue weighted by Gasteiger charge is 2.47. The second kappa shape index (κ2) is 15.8. The van der Waals surface area contributed by atoms with Crippen LogP contribution in [-0.2, 0) is 48.7 Å². The number of anilines is 5. The highest BCUT2D eigenvalue weighted by atomic mass is 15.2. The van der Waals surface area contributed by atoms with E-state index in [2.05, 4.69) is 234 Å². The molecule has 0 aromatic heterocycles. The van der Waals surface area contributed by atoms with E-state index in [0.29, 0.717) is 0 Å². The molecule has 1 aliphatic heterocycles. The van der Waals surface area contributed by atoms with Crippen LogP contribution in [0, 0.1) is 6.92 Å². The Balaban J connectivity index is 1.15. The molecule has 0 bridgehead atoms. The molecule has 0 unspecified atom stereocenters. The van der Waals surface area contributed by atoms with E-state index < -0.39 is 0 Å². The summed E-state index contributed by atoms with van der Waals surface area (Å²) in [6, 6.07) is 35.4. The summed E-state index contributed by atoms with van der Waals surface area (Å²) >= 11 is 0. The fraction of sp³-hybridized carbons (Fsp3) is 0.500. The second-order valence-corrected chi connectivity index (χ2v) is 30.8. The Kier molecular flexibility index (Phi) is 10.7. The largest absolute Gasteiger partial charge is 0.355 e. The SMILES string of the molecule is Cc1cc(-c2c(Nc3ccc4c(c3)C(C)(C)CCC4(C)C)ccc3c2C(C)(C)c2cc4c(cc2-3)C(C)(C)CCC4(C)C)c2c(c1)N(c1ccc3c(c1)C(C)(C)CCC3(C)C)c1cc3c(cc1[B]2)C(C)(C)CCC3(C)C. The maximum atomic E-state index is 4.23. The summed E-state index contributed by atoms with van der Waals surface area (Å²) in [5, 5.41) is 4.23. The van der Waals surface area contributed by atoms with Crippen LogP contribution in [-0.4, -0.2) is 7.28 Å². The molecule has 0 spiro atoms. The smallest absolute Gasteiger partial charge is 0.197 e. The molecule has 0 amide bonds. The van der Waals surface area contributed by atoms with E-state index in [4.69, 9.17) is 0 Å². The monoisotopic (exact) mass is 992 g/mol. The van der Waals surface area contributed by atoms with Crippen molar-refractivity contribution >= 4 is 46.6 Å². The molecule has 0 saturated heterocycles. The molecule has 2 nitrogen and oxygen atoms in total. The quantitative estimate of drug-likeness (QED) is 0.177. The Hall–Kier alpha value is -5.02. The number of benzene rings is 6. The first kappa shape index (κ1) is 50.8. The predicted molar refractivity (Wildman–Crippen MR) is 325 cm³/mol. The Morgan fingerprint density at radius 2 is 0.853 bits per heavy atom. The van der Waals surface area contributed by atoms with Crippen molar-refractivity contribution in [1.29, 1.82) is 0 Å². The molecule has 5 aliphatic carbocycles. The van der Waals surface area contributed by atoms with Gasteiger partial charge < -0.3 is 10.2 Å². The van der Waals surface area contributed by atoms with Crippen LogP contribution in [0.15, 0.2) is 84.9 Å². The molecule has 3 heteroatoms. The zero-order chi connectivity index (χ0) is 53.7. The minimum absolute atomic E-state index is 0.0719. The Bertz CT molecular complexity index is 3430. The lowest BCUT2D eigenvalue weighted by atomic mass is 9.54. The molecule has 0 atom stereocenters. The van der Waals surface area contributed by atoms with Gasteiger partial charge in [0.1, 0.15) is 0 Å². The standard InChI is InChI=1S/C72H88BN2/c1-42-34-47(63-60(35-42)75(44-21-24-49-52(37-44)67(8,9)29-27-65(49,4)5)59-41-56-55(40-57(59)73-63)70(14,15)32-33-71(56,16)17)61-58(74-43-20-23-48-51(36-43)66(6,7)28-26-64(48,2)3)25-22-45-46-38-53-54(39-50(46)72(18,19)62(45)61)69(12,13)31-30-68(53,10)11/h20-25,34-41,74H,26-33H2,1-19H3. The third-order valence-corrected chi connectivity index (χ3v) is 21.4. The number of fused-ring (bicyclic) bond motifs is 9. The fourth-order valence-electron chi connectivity index (χ4n) is 15.7. The number of hydrogen-bond donors (Lipinski definition) is 1. The van der Waals surface area contributed by atoms with Crippen molar-refractivity contribution in [2.45, 2.75) is 232 Å². The number of nitrogens with one attached hydrogen (secondary N) is 1. The van der Waals surface area contributed by atoms with Crippen molar-refractivity contribution in [2.75, 3.05) is 10.2 Å². The van der Waals surface area contributed by atoms with Crippen molar-refractivity contribution in [2.24, 2.45) is 0 Å². The summed E-state index contributed by atoms with van der Waals surface area (Å²) in [6.07, 6.45) is 9.54. The summed E-state index contributed by atoms with van der Waals surface area (Å²) in [4.78, 5) is 2.69. The molecule has 75 heavy (non-hydrogen) atoms. The number of rotatable bonds is 4. The fourth-order valence-corrected chi connectivity index (χ4v) is 15.7. The molecule has 1 radical (unpaired) electrons. The van der Waals surface area contributed by atoms with Gasteiger partial charge in [-0.15, -0.1) is 0 Å². The molecular formula is C72H88BN2. The second-order valence-electron chi connectivity index (χ2n) is 30.8. The zero-order valence-corrected chi connectivity index (χ0v) is 49.8. The average molecular weight is 992 g/mol. The highest BCUT2D eigenvalue weighted by molar-refractivity contribution is 6.73. The lowest BCUT2D eigenvalue weighted by Gasteiger charge is -2.45. The minimum Gasteiger partial charge on any atom is -0.355 e. The zero-order valence-electron chi connectivity index (χ0n) is 49.8. The summed E-state index contributed by atoms with van der Waals surface area (Å²) in [7, 11) is 2.60. The van der Waals surface area contributed by atoms with Gasteiger partial charge in [0.15, 0.2) is 7.28 Å². The van der Waals surface area contributed by atoms with Crippen LogP contribution < -0.4 is 21.1 Å². The lowest BCUT2D eigenvalue weighted by molar-refractivity contribution is 0.331. The molecule has 12 rings (SSSR count). The van der Waals surface area contributed by atoms with E-state index in [1.807, 2.05) is 0 Å². The summed E-state index contributed by atoms with van der Waals surface area (Å²) in [6.45, 7) is 46.9. The predicted octanol–water partition coefficient (Wildman–Crippen LogP) is 18.5. The van der Waals surface area contributed by atoms with Gasteiger partial charge in [0.05, 0.1) is 0 Å². The maximum absolute atomic E-state index is 4.23. The first-order valence-corrected chi connectivity index (χ1v) is 29.2. The van der Waals surface area contributed by atoms with Crippen LogP contribution >= 0.6 is 0 Å². The summed E-state index contributed by atoms with van der Waals surface area (Å²) in [5.74, 6) is 0. The van der Waals surface area contributed by atoms with Gasteiger partial charge in [-0.1, -0.05) is 166 Å². The Morgan fingerprint density at radius 1 is 0.387 bits per heavy atom. The van der Waals surface area contributed by atoms with E-state index in [0.717, 1.165) is 0 Å². The third-order valence-electron chi connectivity index (χ3n) is 21.4. The van der Waals surface area contributed by atoms with Crippen LogP contribution in [0.25, 0.3) is 22.3 Å². The van der Waals surface area contributed by atoms with Crippen LogP contribution in [0.4, 0.5) is 28.4 Å². The summed E-state index contributed by atoms with van der Waals surface area (Å²) in [5.41, 5.74) is 31.0. The normalized spacial score (nSPS) is 22.4. The van der Waals surface area contributed by atoms with Crippen LogP contribution in [0.5, 0.6) is 0 Å². The van der Waals surface area contributed by atoms with Crippen LogP contribution in [0.2, 0.25) is 0 Å². The molecule has 1 heterocycles. The summed E-state index contributed by atoms with van der Waals surface area (Å²) < 4.78 is 0. The van der Waals surface area contributed by atoms with Gasteiger partial charge in [0.25, 0.3) is 0 Å².